The van der Waals surface area contributed by atoms with Crippen LogP contribution in [0.3, 0.4) is 0 Å². The minimum absolute atomic E-state index is 0.0877. The van der Waals surface area contributed by atoms with Crippen molar-refractivity contribution in [2.45, 2.75) is 12.8 Å². The number of carbonyl (C=O) groups is 2. The maximum absolute atomic E-state index is 11.7. The topological polar surface area (TPSA) is 120 Å². The van der Waals surface area contributed by atoms with E-state index >= 15 is 0 Å². The van der Waals surface area contributed by atoms with Gasteiger partial charge in [-0.15, -0.1) is 0 Å². The number of piperidine rings is 1. The molecule has 1 aromatic heterocycles. The molecule has 3 N–H and O–H groups in total. The summed E-state index contributed by atoms with van der Waals surface area (Å²) in [5.74, 6) is 0.451. The van der Waals surface area contributed by atoms with Crippen LogP contribution in [0.2, 0.25) is 0 Å². The van der Waals surface area contributed by atoms with Gasteiger partial charge in [0.25, 0.3) is 0 Å². The van der Waals surface area contributed by atoms with Crippen LogP contribution in [-0.2, 0) is 14.3 Å². The molecule has 0 radical (unpaired) electrons. The van der Waals surface area contributed by atoms with Gasteiger partial charge in [-0.1, -0.05) is 0 Å². The Morgan fingerprint density at radius 1 is 1.11 bits per heavy atom. The van der Waals surface area contributed by atoms with Gasteiger partial charge in [-0.3, -0.25) is 4.79 Å². The van der Waals surface area contributed by atoms with Crippen molar-refractivity contribution < 1.29 is 19.1 Å². The van der Waals surface area contributed by atoms with E-state index in [4.69, 9.17) is 15.2 Å². The Morgan fingerprint density at radius 2 is 1.79 bits per heavy atom. The Labute approximate surface area is 162 Å². The number of anilines is 4. The van der Waals surface area contributed by atoms with Crippen LogP contribution >= 0.6 is 0 Å². The van der Waals surface area contributed by atoms with Crippen LogP contribution in [-0.4, -0.2) is 49.2 Å². The highest BCUT2D eigenvalue weighted by Crippen LogP contribution is 2.31. The summed E-state index contributed by atoms with van der Waals surface area (Å²) < 4.78 is 9.51. The summed E-state index contributed by atoms with van der Waals surface area (Å²) in [7, 11) is 2.75. The van der Waals surface area contributed by atoms with Crippen LogP contribution in [0.25, 0.3) is 0 Å². The molecule has 0 spiro atoms. The van der Waals surface area contributed by atoms with Crippen molar-refractivity contribution in [3.63, 3.8) is 0 Å². The Balaban J connectivity index is 1.71. The van der Waals surface area contributed by atoms with E-state index in [2.05, 4.69) is 15.3 Å². The number of nitrogen functional groups attached to an aromatic ring is 1. The van der Waals surface area contributed by atoms with Crippen LogP contribution in [0.1, 0.15) is 23.2 Å². The van der Waals surface area contributed by atoms with Gasteiger partial charge >= 0.3 is 11.9 Å². The van der Waals surface area contributed by atoms with Gasteiger partial charge in [0.2, 0.25) is 0 Å². The zero-order chi connectivity index (χ0) is 20.1. The Bertz CT molecular complexity index is 848. The van der Waals surface area contributed by atoms with Crippen molar-refractivity contribution in [3.05, 3.63) is 36.2 Å². The fraction of sp³-hybridized carbons (Fsp3) is 0.368. The Kier molecular flexibility index (Phi) is 5.93. The van der Waals surface area contributed by atoms with E-state index in [1.165, 1.54) is 20.5 Å². The molecular formula is C19H23N5O4. The van der Waals surface area contributed by atoms with E-state index < -0.39 is 5.97 Å². The second-order valence-electron chi connectivity index (χ2n) is 6.44. The lowest BCUT2D eigenvalue weighted by Gasteiger charge is -2.32. The van der Waals surface area contributed by atoms with Gasteiger partial charge in [0, 0.05) is 18.8 Å². The van der Waals surface area contributed by atoms with Crippen molar-refractivity contribution >= 4 is 34.9 Å². The first kappa shape index (κ1) is 19.4. The summed E-state index contributed by atoms with van der Waals surface area (Å²) in [5, 5.41) is 3.14. The number of esters is 2. The average Bonchev–Trinajstić information content (AvgIpc) is 2.74. The number of hydrogen-bond donors (Lipinski definition) is 2. The average molecular weight is 385 g/mol. The molecule has 2 heterocycles. The van der Waals surface area contributed by atoms with Crippen molar-refractivity contribution in [3.8, 4) is 0 Å². The normalized spacial score (nSPS) is 14.4. The molecule has 1 aliphatic rings. The van der Waals surface area contributed by atoms with Gasteiger partial charge in [-0.05, 0) is 37.1 Å². The predicted octanol–water partition coefficient (Wildman–Crippen LogP) is 1.98. The molecule has 28 heavy (non-hydrogen) atoms. The summed E-state index contributed by atoms with van der Waals surface area (Å²) in [4.78, 5) is 33.8. The third kappa shape index (κ3) is 4.13. The zero-order valence-corrected chi connectivity index (χ0v) is 15.8. The van der Waals surface area contributed by atoms with Crippen LogP contribution in [0.4, 0.5) is 23.0 Å². The molecular weight excluding hydrogens is 362 g/mol. The van der Waals surface area contributed by atoms with Crippen molar-refractivity contribution in [1.82, 2.24) is 9.97 Å². The van der Waals surface area contributed by atoms with E-state index in [9.17, 15) is 9.59 Å². The van der Waals surface area contributed by atoms with Gasteiger partial charge in [-0.25, -0.2) is 14.8 Å². The number of aromatic nitrogens is 2. The summed E-state index contributed by atoms with van der Waals surface area (Å²) in [6.45, 7) is 1.32. The number of nitrogens with one attached hydrogen (secondary N) is 1. The lowest BCUT2D eigenvalue weighted by Crippen LogP contribution is -2.37. The molecule has 0 aliphatic carbocycles. The first-order chi connectivity index (χ1) is 13.5. The number of carbonyl (C=O) groups excluding carboxylic acids is 2. The maximum atomic E-state index is 11.7. The number of benzene rings is 1. The summed E-state index contributed by atoms with van der Waals surface area (Å²) >= 11 is 0. The van der Waals surface area contributed by atoms with Gasteiger partial charge in [0.05, 0.1) is 25.7 Å². The van der Waals surface area contributed by atoms with Gasteiger partial charge < -0.3 is 25.4 Å². The van der Waals surface area contributed by atoms with E-state index in [0.29, 0.717) is 48.8 Å². The quantitative estimate of drug-likeness (QED) is 0.744. The number of hydrogen-bond acceptors (Lipinski definition) is 9. The molecule has 9 heteroatoms. The first-order valence-electron chi connectivity index (χ1n) is 8.92. The standard InChI is InChI=1S/C19H23N5O4/c1-27-18(25)12-3-5-14(6-4-12)23-16-15(20)17(22-11-21-16)24-9-7-13(8-10-24)19(26)28-2/h3-6,11,13H,7-10,20H2,1-2H3,(H,21,22,23). The van der Waals surface area contributed by atoms with Crippen molar-refractivity contribution in [2.24, 2.45) is 5.92 Å². The van der Waals surface area contributed by atoms with Crippen LogP contribution in [0.15, 0.2) is 30.6 Å². The number of nitrogens with two attached hydrogens (primary N) is 1. The van der Waals surface area contributed by atoms with Gasteiger partial charge in [-0.2, -0.15) is 0 Å². The van der Waals surface area contributed by atoms with E-state index in [-0.39, 0.29) is 11.9 Å². The second kappa shape index (κ2) is 8.55. The molecule has 2 aromatic rings. The highest BCUT2D eigenvalue weighted by molar-refractivity contribution is 5.90. The third-order valence-corrected chi connectivity index (χ3v) is 4.76. The van der Waals surface area contributed by atoms with Gasteiger partial charge in [0.15, 0.2) is 11.6 Å². The van der Waals surface area contributed by atoms with E-state index in [0.717, 1.165) is 5.69 Å². The number of methoxy groups -OCH3 is 2. The van der Waals surface area contributed by atoms with E-state index in [1.807, 2.05) is 4.90 Å². The third-order valence-electron chi connectivity index (χ3n) is 4.76. The number of rotatable bonds is 5. The minimum atomic E-state index is -0.397. The van der Waals surface area contributed by atoms with Gasteiger partial charge in [0.1, 0.15) is 12.0 Å². The molecule has 148 valence electrons. The highest BCUT2D eigenvalue weighted by atomic mass is 16.5. The highest BCUT2D eigenvalue weighted by Gasteiger charge is 2.27. The molecule has 0 unspecified atom stereocenters. The number of ether oxygens (including phenoxy) is 2. The first-order valence-corrected chi connectivity index (χ1v) is 8.92. The summed E-state index contributed by atoms with van der Waals surface area (Å²) in [6, 6.07) is 6.80. The fourth-order valence-electron chi connectivity index (χ4n) is 3.18. The molecule has 0 bridgehead atoms. The molecule has 9 nitrogen and oxygen atoms in total. The monoisotopic (exact) mass is 385 g/mol. The molecule has 1 fully saturated rings. The summed E-state index contributed by atoms with van der Waals surface area (Å²) in [6.07, 6.45) is 2.82. The van der Waals surface area contributed by atoms with E-state index in [1.54, 1.807) is 24.3 Å². The Morgan fingerprint density at radius 3 is 2.39 bits per heavy atom. The van der Waals surface area contributed by atoms with Crippen molar-refractivity contribution in [2.75, 3.05) is 43.3 Å². The molecule has 0 atom stereocenters. The van der Waals surface area contributed by atoms with Crippen LogP contribution in [0.5, 0.6) is 0 Å². The maximum Gasteiger partial charge on any atom is 0.337 e. The predicted molar refractivity (Wildman–Crippen MR) is 104 cm³/mol. The zero-order valence-electron chi connectivity index (χ0n) is 15.8. The lowest BCUT2D eigenvalue weighted by atomic mass is 9.97. The van der Waals surface area contributed by atoms with Crippen LogP contribution in [0, 0.1) is 5.92 Å². The summed E-state index contributed by atoms with van der Waals surface area (Å²) in [5.41, 5.74) is 7.90. The van der Waals surface area contributed by atoms with Crippen LogP contribution < -0.4 is 16.0 Å². The molecule has 1 saturated heterocycles. The lowest BCUT2D eigenvalue weighted by molar-refractivity contribution is -0.146. The molecule has 0 amide bonds. The van der Waals surface area contributed by atoms with Crippen molar-refractivity contribution in [1.29, 1.82) is 0 Å². The fourth-order valence-corrected chi connectivity index (χ4v) is 3.18. The Hall–Kier alpha value is -3.36. The molecule has 1 aromatic carbocycles. The molecule has 3 rings (SSSR count). The second-order valence-corrected chi connectivity index (χ2v) is 6.44. The molecule has 0 saturated carbocycles. The largest absolute Gasteiger partial charge is 0.469 e. The smallest absolute Gasteiger partial charge is 0.337 e. The minimum Gasteiger partial charge on any atom is -0.469 e. The number of nitrogens with zero attached hydrogens (tertiary/aromatic N) is 3. The molecule has 1 aliphatic heterocycles. The SMILES string of the molecule is COC(=O)c1ccc(Nc2ncnc(N3CCC(C(=O)OC)CC3)c2N)cc1.